The molecule has 0 radical (unpaired) electrons. The van der Waals surface area contributed by atoms with E-state index in [1.807, 2.05) is 0 Å². The number of ketones is 1. The van der Waals surface area contributed by atoms with E-state index >= 15 is 0 Å². The topological polar surface area (TPSA) is 42.0 Å². The summed E-state index contributed by atoms with van der Waals surface area (Å²) in [7, 11) is 0. The van der Waals surface area contributed by atoms with Crippen LogP contribution < -0.4 is 5.32 Å². The van der Waals surface area contributed by atoms with Crippen LogP contribution in [-0.2, 0) is 4.79 Å². The maximum absolute atomic E-state index is 11.7. The van der Waals surface area contributed by atoms with Gasteiger partial charge in [-0.1, -0.05) is 0 Å². The third kappa shape index (κ3) is 3.80. The van der Waals surface area contributed by atoms with Gasteiger partial charge in [-0.25, -0.2) is 0 Å². The molecule has 0 fully saturated rings. The molecule has 0 aromatic carbocycles. The Balaban J connectivity index is 2.51. The number of allylic oxidation sites excluding steroid dienone is 1. The third-order valence-electron chi connectivity index (χ3n) is 1.43. The average molecular weight is 216 g/mol. The van der Waals surface area contributed by atoms with E-state index in [2.05, 4.69) is 10.3 Å². The molecule has 0 saturated heterocycles. The molecule has 0 spiro atoms. The van der Waals surface area contributed by atoms with Crippen molar-refractivity contribution in [2.75, 3.05) is 5.32 Å². The first-order valence-corrected chi connectivity index (χ1v) is 3.94. The number of nitrogens with zero attached hydrogens (tertiary/aromatic N) is 1. The van der Waals surface area contributed by atoms with E-state index in [9.17, 15) is 18.0 Å². The lowest BCUT2D eigenvalue weighted by molar-refractivity contribution is -0.165. The minimum Gasteiger partial charge on any atom is -0.360 e. The van der Waals surface area contributed by atoms with Gasteiger partial charge in [0.1, 0.15) is 0 Å². The number of alkyl halides is 3. The zero-order chi connectivity index (χ0) is 11.3. The summed E-state index contributed by atoms with van der Waals surface area (Å²) in [6.07, 6.45) is -0.537. The van der Waals surface area contributed by atoms with Crippen LogP contribution in [0.5, 0.6) is 0 Å². The quantitative estimate of drug-likeness (QED) is 0.787. The maximum atomic E-state index is 11.7. The van der Waals surface area contributed by atoms with Gasteiger partial charge in [0.05, 0.1) is 11.9 Å². The molecule has 0 saturated carbocycles. The van der Waals surface area contributed by atoms with Crippen LogP contribution in [0.1, 0.15) is 0 Å². The van der Waals surface area contributed by atoms with Crippen molar-refractivity contribution in [3.8, 4) is 0 Å². The number of carbonyl (C=O) groups is 1. The fourth-order valence-electron chi connectivity index (χ4n) is 0.756. The molecule has 1 heterocycles. The Labute approximate surface area is 83.6 Å². The molecule has 1 rings (SSSR count). The average Bonchev–Trinajstić information content (AvgIpc) is 2.18. The first-order valence-electron chi connectivity index (χ1n) is 3.94. The molecule has 15 heavy (non-hydrogen) atoms. The van der Waals surface area contributed by atoms with Gasteiger partial charge in [0.15, 0.2) is 0 Å². The van der Waals surface area contributed by atoms with Crippen LogP contribution in [0.15, 0.2) is 36.8 Å². The van der Waals surface area contributed by atoms with Crippen LogP contribution in [0.2, 0.25) is 0 Å². The summed E-state index contributed by atoms with van der Waals surface area (Å²) in [4.78, 5) is 14.1. The van der Waals surface area contributed by atoms with Gasteiger partial charge in [0.25, 0.3) is 5.78 Å². The van der Waals surface area contributed by atoms with E-state index < -0.39 is 12.0 Å². The van der Waals surface area contributed by atoms with Gasteiger partial charge in [0.2, 0.25) is 0 Å². The standard InChI is InChI=1S/C9H7F3N2O/c10-9(11,12)8(15)3-5-14-7-2-1-4-13-6-7/h1-6,14H/b5-3-. The molecule has 0 aliphatic carbocycles. The van der Waals surface area contributed by atoms with Crippen molar-refractivity contribution in [1.29, 1.82) is 0 Å². The normalized spacial score (nSPS) is 11.7. The number of aromatic nitrogens is 1. The van der Waals surface area contributed by atoms with Crippen LogP contribution >= 0.6 is 0 Å². The van der Waals surface area contributed by atoms with E-state index in [0.717, 1.165) is 6.20 Å². The van der Waals surface area contributed by atoms with Gasteiger partial charge in [0, 0.05) is 18.5 Å². The smallest absolute Gasteiger partial charge is 0.360 e. The van der Waals surface area contributed by atoms with Crippen molar-refractivity contribution in [1.82, 2.24) is 4.98 Å². The second-order valence-electron chi connectivity index (χ2n) is 2.58. The molecule has 3 nitrogen and oxygen atoms in total. The number of carbonyl (C=O) groups excluding carboxylic acids is 1. The van der Waals surface area contributed by atoms with E-state index in [-0.39, 0.29) is 0 Å². The molecular formula is C9H7F3N2O. The predicted octanol–water partition coefficient (Wildman–Crippen LogP) is 2.14. The van der Waals surface area contributed by atoms with Crippen LogP contribution in [0, 0.1) is 0 Å². The molecule has 0 bridgehead atoms. The van der Waals surface area contributed by atoms with Crippen LogP contribution in [-0.4, -0.2) is 16.9 Å². The van der Waals surface area contributed by atoms with E-state index in [0.29, 0.717) is 11.8 Å². The number of hydrogen-bond acceptors (Lipinski definition) is 3. The molecule has 0 atom stereocenters. The van der Waals surface area contributed by atoms with Crippen LogP contribution in [0.4, 0.5) is 18.9 Å². The minimum atomic E-state index is -4.83. The van der Waals surface area contributed by atoms with Crippen molar-refractivity contribution in [3.63, 3.8) is 0 Å². The van der Waals surface area contributed by atoms with Gasteiger partial charge in [-0.3, -0.25) is 9.78 Å². The summed E-state index contributed by atoms with van der Waals surface area (Å²) in [6, 6.07) is 3.22. The van der Waals surface area contributed by atoms with Gasteiger partial charge in [-0.2, -0.15) is 13.2 Å². The van der Waals surface area contributed by atoms with Crippen molar-refractivity contribution in [3.05, 3.63) is 36.8 Å². The Morgan fingerprint density at radius 3 is 2.73 bits per heavy atom. The number of anilines is 1. The van der Waals surface area contributed by atoms with Crippen molar-refractivity contribution >= 4 is 11.5 Å². The lowest BCUT2D eigenvalue weighted by atomic mass is 10.3. The summed E-state index contributed by atoms with van der Waals surface area (Å²) >= 11 is 0. The Morgan fingerprint density at radius 1 is 1.47 bits per heavy atom. The van der Waals surface area contributed by atoms with Crippen molar-refractivity contribution in [2.45, 2.75) is 6.18 Å². The second kappa shape index (κ2) is 4.59. The highest BCUT2D eigenvalue weighted by Gasteiger charge is 2.35. The summed E-state index contributed by atoms with van der Waals surface area (Å²) in [5.74, 6) is -1.90. The maximum Gasteiger partial charge on any atom is 0.454 e. The molecule has 0 aliphatic heterocycles. The number of halogens is 3. The highest BCUT2D eigenvalue weighted by molar-refractivity contribution is 5.94. The summed E-state index contributed by atoms with van der Waals surface area (Å²) < 4.78 is 35.2. The van der Waals surface area contributed by atoms with E-state index in [1.54, 1.807) is 12.1 Å². The number of nitrogens with one attached hydrogen (secondary N) is 1. The fourth-order valence-corrected chi connectivity index (χ4v) is 0.756. The molecule has 0 unspecified atom stereocenters. The fraction of sp³-hybridized carbons (Fsp3) is 0.111. The van der Waals surface area contributed by atoms with Crippen molar-refractivity contribution in [2.24, 2.45) is 0 Å². The molecule has 1 N–H and O–H groups in total. The first-order chi connectivity index (χ1) is 7.00. The van der Waals surface area contributed by atoms with Crippen molar-refractivity contribution < 1.29 is 18.0 Å². The van der Waals surface area contributed by atoms with Crippen LogP contribution in [0.25, 0.3) is 0 Å². The SMILES string of the molecule is O=C(/C=C\Nc1cccnc1)C(F)(F)F. The predicted molar refractivity (Wildman–Crippen MR) is 48.1 cm³/mol. The molecule has 1 aromatic rings. The second-order valence-corrected chi connectivity index (χ2v) is 2.58. The number of hydrogen-bond donors (Lipinski definition) is 1. The van der Waals surface area contributed by atoms with Gasteiger partial charge in [-0.05, 0) is 12.1 Å². The van der Waals surface area contributed by atoms with E-state index in [4.69, 9.17) is 0 Å². The molecule has 1 aromatic heterocycles. The molecule has 0 aliphatic rings. The molecule has 0 amide bonds. The Bertz CT molecular complexity index is 359. The summed E-state index contributed by atoms with van der Waals surface area (Å²) in [5, 5.41) is 2.48. The van der Waals surface area contributed by atoms with Crippen LogP contribution in [0.3, 0.4) is 0 Å². The Hall–Kier alpha value is -1.85. The highest BCUT2D eigenvalue weighted by Crippen LogP contribution is 2.16. The third-order valence-corrected chi connectivity index (χ3v) is 1.43. The minimum absolute atomic E-state index is 0.424. The largest absolute Gasteiger partial charge is 0.454 e. The molecule has 6 heteroatoms. The first kappa shape index (κ1) is 11.2. The zero-order valence-electron chi connectivity index (χ0n) is 7.45. The molecule has 80 valence electrons. The van der Waals surface area contributed by atoms with E-state index in [1.165, 1.54) is 12.4 Å². The monoisotopic (exact) mass is 216 g/mol. The van der Waals surface area contributed by atoms with Gasteiger partial charge < -0.3 is 5.32 Å². The molecular weight excluding hydrogens is 209 g/mol. The summed E-state index contributed by atoms with van der Waals surface area (Å²) in [6.45, 7) is 0. The lowest BCUT2D eigenvalue weighted by Gasteiger charge is -2.00. The van der Waals surface area contributed by atoms with Gasteiger partial charge in [-0.15, -0.1) is 0 Å². The lowest BCUT2D eigenvalue weighted by Crippen LogP contribution is -2.20. The number of rotatable bonds is 3. The summed E-state index contributed by atoms with van der Waals surface area (Å²) in [5.41, 5.74) is 0.503. The Morgan fingerprint density at radius 2 is 2.20 bits per heavy atom. The van der Waals surface area contributed by atoms with Gasteiger partial charge >= 0.3 is 6.18 Å². The Kier molecular flexibility index (Phi) is 3.43. The zero-order valence-corrected chi connectivity index (χ0v) is 7.45. The highest BCUT2D eigenvalue weighted by atomic mass is 19.4. The number of pyridine rings is 1.